The van der Waals surface area contributed by atoms with Gasteiger partial charge in [-0.05, 0) is 49.3 Å². The Hall–Kier alpha value is -0.530. The van der Waals surface area contributed by atoms with Gasteiger partial charge in [0.25, 0.3) is 0 Å². The summed E-state index contributed by atoms with van der Waals surface area (Å²) >= 11 is 6.19. The zero-order valence-corrected chi connectivity index (χ0v) is 10.9. The van der Waals surface area contributed by atoms with Crippen LogP contribution in [0.2, 0.25) is 5.02 Å². The summed E-state index contributed by atoms with van der Waals surface area (Å²) in [7, 11) is 0. The second-order valence-corrected chi connectivity index (χ2v) is 6.01. The molecular weight excluding hydrogens is 220 g/mol. The highest BCUT2D eigenvalue weighted by molar-refractivity contribution is 6.31. The van der Waals surface area contributed by atoms with Crippen LogP contribution >= 0.6 is 11.6 Å². The summed E-state index contributed by atoms with van der Waals surface area (Å²) in [6.45, 7) is 6.10. The van der Waals surface area contributed by atoms with E-state index in [0.717, 1.165) is 29.0 Å². The zero-order valence-electron chi connectivity index (χ0n) is 10.2. The van der Waals surface area contributed by atoms with Crippen molar-refractivity contribution in [2.24, 2.45) is 5.41 Å². The molecule has 1 nitrogen and oxygen atoms in total. The molecule has 2 heteroatoms. The Morgan fingerprint density at radius 1 is 1.44 bits per heavy atom. The largest absolute Gasteiger partial charge is 0.389 e. The van der Waals surface area contributed by atoms with E-state index in [1.165, 1.54) is 0 Å². The van der Waals surface area contributed by atoms with Crippen LogP contribution in [0.5, 0.6) is 0 Å². The van der Waals surface area contributed by atoms with Crippen molar-refractivity contribution in [1.82, 2.24) is 0 Å². The van der Waals surface area contributed by atoms with Crippen molar-refractivity contribution >= 4 is 11.6 Å². The first kappa shape index (κ1) is 11.9. The van der Waals surface area contributed by atoms with Gasteiger partial charge in [0, 0.05) is 11.4 Å². The molecule has 1 fully saturated rings. The lowest BCUT2D eigenvalue weighted by Crippen LogP contribution is -2.36. The highest BCUT2D eigenvalue weighted by Crippen LogP contribution is 2.54. The van der Waals surface area contributed by atoms with Crippen LogP contribution in [0.15, 0.2) is 18.2 Å². The fourth-order valence-corrected chi connectivity index (χ4v) is 2.41. The average Bonchev–Trinajstić information content (AvgIpc) is 2.90. The van der Waals surface area contributed by atoms with Crippen molar-refractivity contribution in [3.8, 4) is 0 Å². The van der Waals surface area contributed by atoms with Crippen LogP contribution in [-0.2, 0) is 6.42 Å². The summed E-state index contributed by atoms with van der Waals surface area (Å²) in [5, 5.41) is 11.3. The van der Waals surface area contributed by atoms with Gasteiger partial charge in [0.1, 0.15) is 0 Å². The highest BCUT2D eigenvalue weighted by atomic mass is 35.5. The molecule has 0 saturated heterocycles. The van der Waals surface area contributed by atoms with Crippen LogP contribution in [0.4, 0.5) is 0 Å². The minimum absolute atomic E-state index is 0.0845. The van der Waals surface area contributed by atoms with E-state index in [4.69, 9.17) is 11.6 Å². The van der Waals surface area contributed by atoms with Crippen LogP contribution < -0.4 is 0 Å². The van der Waals surface area contributed by atoms with Crippen molar-refractivity contribution in [2.75, 3.05) is 0 Å². The monoisotopic (exact) mass is 238 g/mol. The van der Waals surface area contributed by atoms with Gasteiger partial charge in [0.2, 0.25) is 0 Å². The number of hydrogen-bond donors (Lipinski definition) is 1. The summed E-state index contributed by atoms with van der Waals surface area (Å²) < 4.78 is 0. The van der Waals surface area contributed by atoms with Crippen LogP contribution in [0.1, 0.15) is 37.8 Å². The predicted molar refractivity (Wildman–Crippen MR) is 67.9 cm³/mol. The van der Waals surface area contributed by atoms with Gasteiger partial charge in [-0.15, -0.1) is 0 Å². The fraction of sp³-hybridized carbons (Fsp3) is 0.571. The van der Waals surface area contributed by atoms with Crippen LogP contribution in [0.3, 0.4) is 0 Å². The van der Waals surface area contributed by atoms with Crippen molar-refractivity contribution in [2.45, 2.75) is 45.6 Å². The maximum Gasteiger partial charge on any atom is 0.0713 e. The summed E-state index contributed by atoms with van der Waals surface area (Å²) in [4.78, 5) is 0. The molecule has 0 aliphatic heterocycles. The van der Waals surface area contributed by atoms with E-state index >= 15 is 0 Å². The molecule has 2 rings (SSSR count). The number of aliphatic hydroxyl groups is 1. The molecule has 0 spiro atoms. The van der Waals surface area contributed by atoms with Gasteiger partial charge in [0.15, 0.2) is 0 Å². The van der Waals surface area contributed by atoms with Crippen molar-refractivity contribution in [1.29, 1.82) is 0 Å². The minimum atomic E-state index is -0.647. The van der Waals surface area contributed by atoms with Gasteiger partial charge in [-0.2, -0.15) is 0 Å². The SMILES string of the molecule is Cc1ccc(CC(C)(O)C2(C)CC2)c(Cl)c1. The molecule has 1 atom stereocenters. The third-order valence-corrected chi connectivity index (χ3v) is 4.40. The first-order chi connectivity index (χ1) is 7.34. The van der Waals surface area contributed by atoms with E-state index in [-0.39, 0.29) is 5.41 Å². The molecule has 1 saturated carbocycles. The van der Waals surface area contributed by atoms with Gasteiger partial charge in [-0.25, -0.2) is 0 Å². The van der Waals surface area contributed by atoms with E-state index < -0.39 is 5.60 Å². The van der Waals surface area contributed by atoms with Gasteiger partial charge in [-0.3, -0.25) is 0 Å². The second-order valence-electron chi connectivity index (χ2n) is 5.61. The van der Waals surface area contributed by atoms with Crippen molar-refractivity contribution in [3.05, 3.63) is 34.3 Å². The van der Waals surface area contributed by atoms with E-state index in [0.29, 0.717) is 6.42 Å². The number of aryl methyl sites for hydroxylation is 1. The Bertz CT molecular complexity index is 405. The third kappa shape index (κ3) is 2.11. The van der Waals surface area contributed by atoms with Crippen molar-refractivity contribution < 1.29 is 5.11 Å². The fourth-order valence-electron chi connectivity index (χ4n) is 2.11. The lowest BCUT2D eigenvalue weighted by molar-refractivity contribution is -0.00700. The molecule has 0 amide bonds. The van der Waals surface area contributed by atoms with Gasteiger partial charge in [0.05, 0.1) is 5.60 Å². The Morgan fingerprint density at radius 2 is 2.06 bits per heavy atom. The number of rotatable bonds is 3. The molecule has 16 heavy (non-hydrogen) atoms. The normalized spacial score (nSPS) is 21.6. The molecule has 0 heterocycles. The number of benzene rings is 1. The maximum absolute atomic E-state index is 10.5. The highest BCUT2D eigenvalue weighted by Gasteiger charge is 2.52. The Labute approximate surface area is 102 Å². The molecule has 1 unspecified atom stereocenters. The molecule has 1 aromatic carbocycles. The third-order valence-electron chi connectivity index (χ3n) is 4.04. The molecule has 1 N–H and O–H groups in total. The van der Waals surface area contributed by atoms with Crippen LogP contribution in [0, 0.1) is 12.3 Å². The number of hydrogen-bond acceptors (Lipinski definition) is 1. The lowest BCUT2D eigenvalue weighted by Gasteiger charge is -2.31. The van der Waals surface area contributed by atoms with Crippen LogP contribution in [0.25, 0.3) is 0 Å². The quantitative estimate of drug-likeness (QED) is 0.851. The Morgan fingerprint density at radius 3 is 2.56 bits per heavy atom. The average molecular weight is 239 g/mol. The summed E-state index contributed by atoms with van der Waals surface area (Å²) in [5.41, 5.74) is 1.64. The maximum atomic E-state index is 10.5. The first-order valence-corrected chi connectivity index (χ1v) is 6.19. The molecule has 0 aromatic heterocycles. The summed E-state index contributed by atoms with van der Waals surface area (Å²) in [5.74, 6) is 0. The second kappa shape index (κ2) is 3.75. The summed E-state index contributed by atoms with van der Waals surface area (Å²) in [6.07, 6.45) is 2.87. The van der Waals surface area contributed by atoms with Gasteiger partial charge in [-0.1, -0.05) is 30.7 Å². The topological polar surface area (TPSA) is 20.2 Å². The molecule has 0 bridgehead atoms. The predicted octanol–water partition coefficient (Wildman–Crippen LogP) is 3.74. The zero-order chi connectivity index (χ0) is 12.0. The molecular formula is C14H19ClO. The molecule has 1 aliphatic carbocycles. The van der Waals surface area contributed by atoms with Crippen LogP contribution in [-0.4, -0.2) is 10.7 Å². The molecule has 88 valence electrons. The van der Waals surface area contributed by atoms with Gasteiger partial charge >= 0.3 is 0 Å². The summed E-state index contributed by atoms with van der Waals surface area (Å²) in [6, 6.07) is 6.03. The van der Waals surface area contributed by atoms with E-state index in [1.807, 2.05) is 32.0 Å². The van der Waals surface area contributed by atoms with E-state index in [9.17, 15) is 5.11 Å². The van der Waals surface area contributed by atoms with E-state index in [1.54, 1.807) is 0 Å². The molecule has 1 aliphatic rings. The lowest BCUT2D eigenvalue weighted by atomic mass is 9.82. The standard InChI is InChI=1S/C14H19ClO/c1-10-4-5-11(12(15)8-10)9-14(3,16)13(2)6-7-13/h4-5,8,16H,6-7,9H2,1-3H3. The Kier molecular flexibility index (Phi) is 2.80. The smallest absolute Gasteiger partial charge is 0.0713 e. The van der Waals surface area contributed by atoms with E-state index in [2.05, 4.69) is 6.92 Å². The molecule has 0 radical (unpaired) electrons. The first-order valence-electron chi connectivity index (χ1n) is 5.81. The van der Waals surface area contributed by atoms with Gasteiger partial charge < -0.3 is 5.11 Å². The number of halogens is 1. The molecule has 1 aromatic rings. The Balaban J connectivity index is 2.20. The minimum Gasteiger partial charge on any atom is -0.389 e. The van der Waals surface area contributed by atoms with Crippen molar-refractivity contribution in [3.63, 3.8) is 0 Å².